The third-order valence-electron chi connectivity index (χ3n) is 3.35. The number of carbonyl (C=O) groups is 1. The van der Waals surface area contributed by atoms with Crippen LogP contribution in [0.2, 0.25) is 0 Å². The molecule has 0 amide bonds. The molecule has 0 heterocycles. The predicted octanol–water partition coefficient (Wildman–Crippen LogP) is -0.612. The summed E-state index contributed by atoms with van der Waals surface area (Å²) in [4.78, 5) is 11.7. The largest absolute Gasteiger partial charge is 1.00 e. The number of Topliss-reactive ketones (excluding diaryl/α,β-unsaturated/α-hetero) is 1. The predicted molar refractivity (Wildman–Crippen MR) is 64.7 cm³/mol. The molecule has 0 aliphatic heterocycles. The summed E-state index contributed by atoms with van der Waals surface area (Å²) >= 11 is 0. The average Bonchev–Trinajstić information content (AvgIpc) is 2.21. The molecular weight excluding hydrogens is 279 g/mol. The van der Waals surface area contributed by atoms with E-state index in [4.69, 9.17) is 0 Å². The van der Waals surface area contributed by atoms with Crippen LogP contribution in [-0.4, -0.2) is 24.0 Å². The zero-order chi connectivity index (χ0) is 12.7. The van der Waals surface area contributed by atoms with Gasteiger partial charge in [0.2, 0.25) is 0 Å². The maximum absolute atomic E-state index is 11.7. The van der Waals surface area contributed by atoms with Crippen LogP contribution >= 0.6 is 0 Å². The van der Waals surface area contributed by atoms with Crippen LogP contribution in [0, 0.1) is 0 Å². The third-order valence-corrected chi connectivity index (χ3v) is 4.54. The Labute approximate surface area is 152 Å². The van der Waals surface area contributed by atoms with Gasteiger partial charge in [-0.3, -0.25) is 4.79 Å². The van der Waals surface area contributed by atoms with Gasteiger partial charge >= 0.3 is 51.4 Å². The summed E-state index contributed by atoms with van der Waals surface area (Å²) in [6, 6.07) is 0. The van der Waals surface area contributed by atoms with Crippen LogP contribution < -0.4 is 51.4 Å². The fourth-order valence-corrected chi connectivity index (χ4v) is 3.21. The third kappa shape index (κ3) is 7.72. The molecule has 100 valence electrons. The number of rotatable bonds is 1. The molecule has 0 saturated heterocycles. The molecule has 1 fully saturated rings. The first kappa shape index (κ1) is 19.2. The molecule has 1 atom stereocenters. The van der Waals surface area contributed by atoms with Gasteiger partial charge in [0.15, 0.2) is 0 Å². The van der Waals surface area contributed by atoms with E-state index in [1.54, 1.807) is 0 Å². The summed E-state index contributed by atoms with van der Waals surface area (Å²) in [7, 11) is -4.46. The molecule has 0 aromatic heterocycles. The summed E-state index contributed by atoms with van der Waals surface area (Å²) in [5.41, 5.74) is 0. The first-order valence-corrected chi connectivity index (χ1v) is 7.96. The number of hydrogen-bond acceptors (Lipinski definition) is 4. The van der Waals surface area contributed by atoms with Crippen LogP contribution in [0.25, 0.3) is 0 Å². The first-order chi connectivity index (χ1) is 8.02. The van der Waals surface area contributed by atoms with Crippen molar-refractivity contribution < 1.29 is 69.1 Å². The molecule has 1 saturated carbocycles. The van der Waals surface area contributed by atoms with Gasteiger partial charge in [-0.05, 0) is 12.8 Å². The summed E-state index contributed by atoms with van der Waals surface area (Å²) < 4.78 is 33.1. The second kappa shape index (κ2) is 10.0. The number of carbonyl (C=O) groups excluding carboxylic acids is 1. The van der Waals surface area contributed by atoms with Crippen molar-refractivity contribution in [2.45, 2.75) is 69.5 Å². The molecule has 0 N–H and O–H groups in total. The normalized spacial score (nSPS) is 24.5. The fraction of sp³-hybridized carbons (Fsp3) is 0.917. The minimum absolute atomic E-state index is 0. The van der Waals surface area contributed by atoms with Gasteiger partial charge in [-0.2, -0.15) is 0 Å². The summed E-state index contributed by atoms with van der Waals surface area (Å²) in [6.45, 7) is 0. The molecule has 0 aromatic rings. The first-order valence-electron chi connectivity index (χ1n) is 6.49. The van der Waals surface area contributed by atoms with Gasteiger partial charge in [-0.15, -0.1) is 0 Å². The molecule has 6 heteroatoms. The smallest absolute Gasteiger partial charge is 0.747 e. The van der Waals surface area contributed by atoms with E-state index in [0.29, 0.717) is 12.8 Å². The quantitative estimate of drug-likeness (QED) is 0.478. The van der Waals surface area contributed by atoms with Gasteiger partial charge < -0.3 is 4.55 Å². The van der Waals surface area contributed by atoms with Crippen molar-refractivity contribution in [1.82, 2.24) is 0 Å². The van der Waals surface area contributed by atoms with E-state index in [1.807, 2.05) is 0 Å². The summed E-state index contributed by atoms with van der Waals surface area (Å²) in [6.07, 6.45) is 8.23. The van der Waals surface area contributed by atoms with Crippen molar-refractivity contribution in [3.63, 3.8) is 0 Å². The monoisotopic (exact) mass is 300 g/mol. The molecule has 18 heavy (non-hydrogen) atoms. The Kier molecular flexibility index (Phi) is 10.7. The van der Waals surface area contributed by atoms with E-state index < -0.39 is 15.4 Å². The van der Waals surface area contributed by atoms with Crippen molar-refractivity contribution in [2.24, 2.45) is 0 Å². The van der Waals surface area contributed by atoms with Crippen LogP contribution in [0.3, 0.4) is 0 Å². The molecule has 1 aliphatic rings. The van der Waals surface area contributed by atoms with Crippen LogP contribution in [0.4, 0.5) is 0 Å². The van der Waals surface area contributed by atoms with Crippen LogP contribution in [0.1, 0.15) is 64.2 Å². The van der Waals surface area contributed by atoms with Crippen molar-refractivity contribution in [3.8, 4) is 0 Å². The standard InChI is InChI=1S/C12H22O4S.K/c13-11-9-7-5-3-1-2-4-6-8-10-12(11)17(14,15)16;/h12H,1-10H2,(H,14,15,16);/q;+1/p-1. The Morgan fingerprint density at radius 1 is 0.889 bits per heavy atom. The van der Waals surface area contributed by atoms with E-state index in [0.717, 1.165) is 25.7 Å². The van der Waals surface area contributed by atoms with Gasteiger partial charge in [-0.1, -0.05) is 44.9 Å². The van der Waals surface area contributed by atoms with Gasteiger partial charge in [-0.25, -0.2) is 8.42 Å². The fourth-order valence-electron chi connectivity index (χ4n) is 2.32. The van der Waals surface area contributed by atoms with Crippen molar-refractivity contribution in [1.29, 1.82) is 0 Å². The van der Waals surface area contributed by atoms with Gasteiger partial charge in [0, 0.05) is 6.42 Å². The Hall–Kier alpha value is 1.22. The van der Waals surface area contributed by atoms with Crippen LogP contribution in [0.15, 0.2) is 0 Å². The second-order valence-corrected chi connectivity index (χ2v) is 6.37. The minimum Gasteiger partial charge on any atom is -0.747 e. The van der Waals surface area contributed by atoms with E-state index in [2.05, 4.69) is 0 Å². The number of ketones is 1. The van der Waals surface area contributed by atoms with Crippen molar-refractivity contribution in [3.05, 3.63) is 0 Å². The van der Waals surface area contributed by atoms with Gasteiger partial charge in [0.25, 0.3) is 0 Å². The minimum atomic E-state index is -4.46. The topological polar surface area (TPSA) is 74.3 Å². The zero-order valence-corrected chi connectivity index (χ0v) is 15.1. The van der Waals surface area contributed by atoms with E-state index in [-0.39, 0.29) is 70.0 Å². The Morgan fingerprint density at radius 3 is 1.83 bits per heavy atom. The van der Waals surface area contributed by atoms with Gasteiger partial charge in [0.1, 0.15) is 21.2 Å². The van der Waals surface area contributed by atoms with Crippen LogP contribution in [-0.2, 0) is 14.9 Å². The molecule has 0 spiro atoms. The maximum Gasteiger partial charge on any atom is 1.00 e. The molecule has 0 bridgehead atoms. The molecule has 0 radical (unpaired) electrons. The SMILES string of the molecule is O=C1CCCCCCCCCCC1S(=O)(=O)[O-].[K+]. The molecular formula is C12H21KO4S. The Balaban J connectivity index is 0.00000289. The Morgan fingerprint density at radius 2 is 1.33 bits per heavy atom. The maximum atomic E-state index is 11.7. The molecule has 4 nitrogen and oxygen atoms in total. The summed E-state index contributed by atoms with van der Waals surface area (Å²) in [5, 5.41) is -1.29. The molecule has 0 aromatic carbocycles. The Bertz CT molecular complexity index is 340. The molecule has 1 unspecified atom stereocenters. The zero-order valence-electron chi connectivity index (χ0n) is 11.2. The molecule has 1 rings (SSSR count). The number of hydrogen-bond donors (Lipinski definition) is 0. The van der Waals surface area contributed by atoms with Crippen molar-refractivity contribution >= 4 is 15.9 Å². The van der Waals surface area contributed by atoms with E-state index in [9.17, 15) is 17.8 Å². The summed E-state index contributed by atoms with van der Waals surface area (Å²) in [5.74, 6) is -0.374. The molecule has 1 aliphatic carbocycles. The van der Waals surface area contributed by atoms with Crippen LogP contribution in [0.5, 0.6) is 0 Å². The van der Waals surface area contributed by atoms with Gasteiger partial charge in [0.05, 0.1) is 0 Å². The van der Waals surface area contributed by atoms with Crippen molar-refractivity contribution in [2.75, 3.05) is 0 Å². The second-order valence-electron chi connectivity index (χ2n) is 4.81. The average molecular weight is 300 g/mol. The van der Waals surface area contributed by atoms with E-state index >= 15 is 0 Å². The van der Waals surface area contributed by atoms with E-state index in [1.165, 1.54) is 12.8 Å².